The van der Waals surface area contributed by atoms with Crippen LogP contribution in [0.1, 0.15) is 73.9 Å². The highest BCUT2D eigenvalue weighted by Gasteiger charge is 2.22. The fraction of sp³-hybridized carbons (Fsp3) is 0.824. The topological polar surface area (TPSA) is 28.2 Å². The van der Waals surface area contributed by atoms with Crippen LogP contribution in [0.3, 0.4) is 0 Å². The molecule has 0 aromatic carbocycles. The summed E-state index contributed by atoms with van der Waals surface area (Å²) >= 11 is 1.94. The third-order valence-corrected chi connectivity index (χ3v) is 5.56. The minimum atomic E-state index is 0.537. The van der Waals surface area contributed by atoms with Crippen LogP contribution >= 0.6 is 11.3 Å². The first-order valence-corrected chi connectivity index (χ1v) is 9.48. The van der Waals surface area contributed by atoms with Gasteiger partial charge in [0.25, 0.3) is 0 Å². The van der Waals surface area contributed by atoms with E-state index in [1.165, 1.54) is 67.2 Å². The van der Waals surface area contributed by atoms with Gasteiger partial charge in [-0.05, 0) is 44.7 Å². The lowest BCUT2D eigenvalue weighted by Crippen LogP contribution is -2.23. The van der Waals surface area contributed by atoms with Crippen molar-refractivity contribution in [1.29, 1.82) is 0 Å². The standard InChI is InChI=1S/C17H29N3S/c1-13(2)17-15(11-18-14-7-8-14)21-16(19-17)12-20-9-5-3-4-6-10-20/h13-14,18H,3-12H2,1-2H3. The molecule has 0 atom stereocenters. The minimum absolute atomic E-state index is 0.537. The number of rotatable bonds is 6. The second-order valence-electron chi connectivity index (χ2n) is 6.92. The first kappa shape index (κ1) is 15.4. The molecule has 1 saturated heterocycles. The molecule has 2 heterocycles. The normalized spacial score (nSPS) is 20.9. The molecule has 0 bridgehead atoms. The van der Waals surface area contributed by atoms with E-state index in [0.717, 1.165) is 19.1 Å². The van der Waals surface area contributed by atoms with Gasteiger partial charge in [0.15, 0.2) is 0 Å². The van der Waals surface area contributed by atoms with E-state index in [9.17, 15) is 0 Å². The maximum absolute atomic E-state index is 4.97. The zero-order valence-corrected chi connectivity index (χ0v) is 14.3. The lowest BCUT2D eigenvalue weighted by Gasteiger charge is -2.17. The van der Waals surface area contributed by atoms with Crippen LogP contribution in [0.15, 0.2) is 0 Å². The van der Waals surface area contributed by atoms with E-state index in [1.54, 1.807) is 0 Å². The zero-order chi connectivity index (χ0) is 14.7. The summed E-state index contributed by atoms with van der Waals surface area (Å²) < 4.78 is 0. The summed E-state index contributed by atoms with van der Waals surface area (Å²) in [5.74, 6) is 0.537. The Bertz CT molecular complexity index is 443. The van der Waals surface area contributed by atoms with Crippen molar-refractivity contribution in [3.05, 3.63) is 15.6 Å². The van der Waals surface area contributed by atoms with Gasteiger partial charge >= 0.3 is 0 Å². The Kier molecular flexibility index (Phi) is 5.30. The lowest BCUT2D eigenvalue weighted by atomic mass is 10.1. The van der Waals surface area contributed by atoms with Crippen LogP contribution in [0.25, 0.3) is 0 Å². The predicted octanol–water partition coefficient (Wildman–Crippen LogP) is 3.89. The monoisotopic (exact) mass is 307 g/mol. The Labute approximate surface area is 133 Å². The van der Waals surface area contributed by atoms with Crippen molar-refractivity contribution in [2.45, 2.75) is 77.4 Å². The number of nitrogens with zero attached hydrogens (tertiary/aromatic N) is 2. The van der Waals surface area contributed by atoms with E-state index in [0.29, 0.717) is 5.92 Å². The number of aromatic nitrogens is 1. The minimum Gasteiger partial charge on any atom is -0.309 e. The summed E-state index contributed by atoms with van der Waals surface area (Å²) in [5, 5.41) is 4.98. The van der Waals surface area contributed by atoms with Gasteiger partial charge < -0.3 is 5.32 Å². The van der Waals surface area contributed by atoms with E-state index in [4.69, 9.17) is 4.98 Å². The third kappa shape index (κ3) is 4.51. The molecule has 21 heavy (non-hydrogen) atoms. The number of thiazole rings is 1. The Morgan fingerprint density at radius 2 is 1.90 bits per heavy atom. The van der Waals surface area contributed by atoms with Crippen LogP contribution in [-0.4, -0.2) is 29.0 Å². The van der Waals surface area contributed by atoms with Crippen molar-refractivity contribution in [1.82, 2.24) is 15.2 Å². The Hall–Kier alpha value is -0.450. The SMILES string of the molecule is CC(C)c1nc(CN2CCCCCC2)sc1CNC1CC1. The maximum atomic E-state index is 4.97. The molecule has 1 aromatic rings. The number of hydrogen-bond donors (Lipinski definition) is 1. The van der Waals surface area contributed by atoms with Gasteiger partial charge in [0.1, 0.15) is 5.01 Å². The number of hydrogen-bond acceptors (Lipinski definition) is 4. The molecule has 0 amide bonds. The first-order chi connectivity index (χ1) is 10.2. The largest absolute Gasteiger partial charge is 0.309 e. The van der Waals surface area contributed by atoms with E-state index >= 15 is 0 Å². The van der Waals surface area contributed by atoms with Gasteiger partial charge in [-0.2, -0.15) is 0 Å². The summed E-state index contributed by atoms with van der Waals surface area (Å²) in [7, 11) is 0. The van der Waals surface area contributed by atoms with Crippen molar-refractivity contribution >= 4 is 11.3 Å². The van der Waals surface area contributed by atoms with Gasteiger partial charge in [0, 0.05) is 17.5 Å². The summed E-state index contributed by atoms with van der Waals surface area (Å²) in [5.41, 5.74) is 1.33. The molecule has 1 saturated carbocycles. The number of likely N-dealkylation sites (tertiary alicyclic amines) is 1. The molecule has 3 nitrogen and oxygen atoms in total. The molecule has 3 rings (SSSR count). The van der Waals surface area contributed by atoms with Crippen LogP contribution in [0.4, 0.5) is 0 Å². The highest BCUT2D eigenvalue weighted by atomic mass is 32.1. The molecule has 2 aliphatic rings. The van der Waals surface area contributed by atoms with Crippen LogP contribution in [-0.2, 0) is 13.1 Å². The van der Waals surface area contributed by atoms with E-state index in [2.05, 4.69) is 24.1 Å². The summed E-state index contributed by atoms with van der Waals surface area (Å²) in [6, 6.07) is 0.779. The Morgan fingerprint density at radius 3 is 2.52 bits per heavy atom. The quantitative estimate of drug-likeness (QED) is 0.864. The molecule has 1 N–H and O–H groups in total. The average Bonchev–Trinajstić information content (AvgIpc) is 3.23. The van der Waals surface area contributed by atoms with Crippen LogP contribution in [0.5, 0.6) is 0 Å². The molecule has 0 spiro atoms. The van der Waals surface area contributed by atoms with Crippen molar-refractivity contribution < 1.29 is 0 Å². The van der Waals surface area contributed by atoms with Gasteiger partial charge in [-0.1, -0.05) is 26.7 Å². The molecule has 2 fully saturated rings. The highest BCUT2D eigenvalue weighted by Crippen LogP contribution is 2.28. The van der Waals surface area contributed by atoms with E-state index in [-0.39, 0.29) is 0 Å². The average molecular weight is 308 g/mol. The number of nitrogens with one attached hydrogen (secondary N) is 1. The summed E-state index contributed by atoms with van der Waals surface area (Å²) in [6.45, 7) is 9.14. The van der Waals surface area contributed by atoms with Gasteiger partial charge in [-0.15, -0.1) is 11.3 Å². The van der Waals surface area contributed by atoms with Crippen molar-refractivity contribution in [2.24, 2.45) is 0 Å². The van der Waals surface area contributed by atoms with Gasteiger partial charge in [0.05, 0.1) is 12.2 Å². The molecule has 0 radical (unpaired) electrons. The summed E-state index contributed by atoms with van der Waals surface area (Å²) in [6.07, 6.45) is 8.24. The Morgan fingerprint density at radius 1 is 1.19 bits per heavy atom. The molecule has 4 heteroatoms. The van der Waals surface area contributed by atoms with Gasteiger partial charge in [-0.3, -0.25) is 4.90 Å². The van der Waals surface area contributed by atoms with E-state index in [1.807, 2.05) is 11.3 Å². The van der Waals surface area contributed by atoms with E-state index < -0.39 is 0 Å². The van der Waals surface area contributed by atoms with Crippen molar-refractivity contribution in [3.63, 3.8) is 0 Å². The molecular weight excluding hydrogens is 278 g/mol. The second kappa shape index (κ2) is 7.21. The third-order valence-electron chi connectivity index (χ3n) is 4.50. The molecular formula is C17H29N3S. The molecule has 1 aromatic heterocycles. The predicted molar refractivity (Wildman–Crippen MR) is 89.8 cm³/mol. The van der Waals surface area contributed by atoms with Crippen molar-refractivity contribution in [2.75, 3.05) is 13.1 Å². The van der Waals surface area contributed by atoms with Crippen LogP contribution < -0.4 is 5.32 Å². The van der Waals surface area contributed by atoms with Crippen LogP contribution in [0, 0.1) is 0 Å². The van der Waals surface area contributed by atoms with Crippen molar-refractivity contribution in [3.8, 4) is 0 Å². The fourth-order valence-electron chi connectivity index (χ4n) is 3.07. The van der Waals surface area contributed by atoms with Gasteiger partial charge in [0.2, 0.25) is 0 Å². The van der Waals surface area contributed by atoms with Crippen LogP contribution in [0.2, 0.25) is 0 Å². The summed E-state index contributed by atoms with van der Waals surface area (Å²) in [4.78, 5) is 9.05. The molecule has 1 aliphatic carbocycles. The maximum Gasteiger partial charge on any atom is 0.107 e. The molecule has 118 valence electrons. The first-order valence-electron chi connectivity index (χ1n) is 8.66. The zero-order valence-electron chi connectivity index (χ0n) is 13.5. The molecule has 0 unspecified atom stereocenters. The highest BCUT2D eigenvalue weighted by molar-refractivity contribution is 7.11. The smallest absolute Gasteiger partial charge is 0.107 e. The Balaban J connectivity index is 1.64. The second-order valence-corrected chi connectivity index (χ2v) is 8.08. The van der Waals surface area contributed by atoms with Gasteiger partial charge in [-0.25, -0.2) is 4.98 Å². The lowest BCUT2D eigenvalue weighted by molar-refractivity contribution is 0.276. The fourth-order valence-corrected chi connectivity index (χ4v) is 4.29. The molecule has 1 aliphatic heterocycles.